The Hall–Kier alpha value is -2.40. The molecule has 128 valence electrons. The van der Waals surface area contributed by atoms with E-state index in [9.17, 15) is 8.78 Å². The summed E-state index contributed by atoms with van der Waals surface area (Å²) in [5.74, 6) is -0.343. The maximum absolute atomic E-state index is 13.8. The van der Waals surface area contributed by atoms with Gasteiger partial charge in [0.25, 0.3) is 0 Å². The zero-order chi connectivity index (χ0) is 17.2. The van der Waals surface area contributed by atoms with Gasteiger partial charge in [-0.1, -0.05) is 0 Å². The fraction of sp³-hybridized carbons (Fsp3) is 0.300. The van der Waals surface area contributed by atoms with Gasteiger partial charge in [0, 0.05) is 41.5 Å². The molecule has 2 aromatic heterocycles. The second-order valence-electron chi connectivity index (χ2n) is 6.59. The molecule has 0 spiro atoms. The summed E-state index contributed by atoms with van der Waals surface area (Å²) >= 11 is 0. The molecule has 3 aromatic rings. The van der Waals surface area contributed by atoms with Crippen LogP contribution >= 0.6 is 0 Å². The topological polar surface area (TPSA) is 29.0 Å². The molecule has 0 aliphatic carbocycles. The number of aromatic nitrogens is 2. The first-order valence-corrected chi connectivity index (χ1v) is 8.56. The van der Waals surface area contributed by atoms with Crippen molar-refractivity contribution in [3.05, 3.63) is 71.7 Å². The largest absolute Gasteiger partial charge is 0.299 e. The van der Waals surface area contributed by atoms with E-state index in [1.807, 2.05) is 18.3 Å². The average Bonchev–Trinajstić information content (AvgIpc) is 2.65. The van der Waals surface area contributed by atoms with Crippen LogP contribution in [0.3, 0.4) is 0 Å². The van der Waals surface area contributed by atoms with Crippen molar-refractivity contribution < 1.29 is 8.78 Å². The summed E-state index contributed by atoms with van der Waals surface area (Å²) in [6, 6.07) is 9.64. The minimum atomic E-state index is -0.390. The Morgan fingerprint density at radius 2 is 1.88 bits per heavy atom. The Bertz CT molecular complexity index is 889. The van der Waals surface area contributed by atoms with Crippen LogP contribution in [-0.2, 0) is 6.54 Å². The highest BCUT2D eigenvalue weighted by Gasteiger charge is 2.22. The van der Waals surface area contributed by atoms with Gasteiger partial charge in [-0.25, -0.2) is 8.78 Å². The van der Waals surface area contributed by atoms with Crippen molar-refractivity contribution >= 4 is 10.9 Å². The van der Waals surface area contributed by atoms with E-state index in [0.29, 0.717) is 18.0 Å². The van der Waals surface area contributed by atoms with Gasteiger partial charge in [0.15, 0.2) is 0 Å². The lowest BCUT2D eigenvalue weighted by molar-refractivity contribution is 0.201. The van der Waals surface area contributed by atoms with Crippen molar-refractivity contribution in [2.45, 2.75) is 25.3 Å². The Morgan fingerprint density at radius 3 is 2.72 bits per heavy atom. The Morgan fingerprint density at radius 1 is 1.04 bits per heavy atom. The number of piperidine rings is 1. The standard InChI is InChI=1S/C20H19F2N3/c21-17-3-4-18(22)16(10-17)13-25-8-5-14(6-9-25)19-11-20-15(12-24-19)2-1-7-23-20/h1-4,7,10-12,14H,5-6,8-9,13H2. The van der Waals surface area contributed by atoms with E-state index in [-0.39, 0.29) is 11.6 Å². The van der Waals surface area contributed by atoms with E-state index >= 15 is 0 Å². The van der Waals surface area contributed by atoms with Crippen LogP contribution in [-0.4, -0.2) is 28.0 Å². The predicted octanol–water partition coefficient (Wildman–Crippen LogP) is 4.29. The van der Waals surface area contributed by atoms with Gasteiger partial charge in [0.1, 0.15) is 11.6 Å². The van der Waals surface area contributed by atoms with Crippen LogP contribution < -0.4 is 0 Å². The molecule has 0 N–H and O–H groups in total. The summed E-state index contributed by atoms with van der Waals surface area (Å²) in [6.45, 7) is 2.15. The fourth-order valence-corrected chi connectivity index (χ4v) is 3.50. The zero-order valence-electron chi connectivity index (χ0n) is 13.8. The number of fused-ring (bicyclic) bond motifs is 1. The molecule has 1 aliphatic heterocycles. The summed E-state index contributed by atoms with van der Waals surface area (Å²) in [6.07, 6.45) is 5.60. The van der Waals surface area contributed by atoms with Crippen LogP contribution in [0.25, 0.3) is 10.9 Å². The van der Waals surface area contributed by atoms with Crippen LogP contribution in [0.4, 0.5) is 8.78 Å². The maximum atomic E-state index is 13.8. The van der Waals surface area contributed by atoms with Crippen LogP contribution in [0.1, 0.15) is 30.0 Å². The molecule has 1 aliphatic rings. The number of nitrogens with zero attached hydrogens (tertiary/aromatic N) is 3. The Kier molecular flexibility index (Phi) is 4.40. The zero-order valence-corrected chi connectivity index (χ0v) is 13.8. The van der Waals surface area contributed by atoms with Crippen LogP contribution in [0.15, 0.2) is 48.8 Å². The molecule has 3 nitrogen and oxygen atoms in total. The van der Waals surface area contributed by atoms with Crippen LogP contribution in [0.5, 0.6) is 0 Å². The molecule has 5 heteroatoms. The molecular formula is C20H19F2N3. The second-order valence-corrected chi connectivity index (χ2v) is 6.59. The maximum Gasteiger partial charge on any atom is 0.127 e. The minimum absolute atomic E-state index is 0.342. The van der Waals surface area contributed by atoms with Gasteiger partial charge in [-0.3, -0.25) is 14.9 Å². The Labute approximate surface area is 145 Å². The lowest BCUT2D eigenvalue weighted by Crippen LogP contribution is -2.33. The average molecular weight is 339 g/mol. The van der Waals surface area contributed by atoms with Crippen LogP contribution in [0, 0.1) is 11.6 Å². The SMILES string of the molecule is Fc1ccc(F)c(CN2CCC(c3cc4ncccc4cn3)CC2)c1. The lowest BCUT2D eigenvalue weighted by Gasteiger charge is -2.31. The van der Waals surface area contributed by atoms with Crippen molar-refractivity contribution in [2.75, 3.05) is 13.1 Å². The molecule has 3 heterocycles. The highest BCUT2D eigenvalue weighted by atomic mass is 19.1. The van der Waals surface area contributed by atoms with E-state index in [4.69, 9.17) is 0 Å². The summed E-state index contributed by atoms with van der Waals surface area (Å²) in [5, 5.41) is 1.05. The molecule has 25 heavy (non-hydrogen) atoms. The normalized spacial score (nSPS) is 16.4. The fourth-order valence-electron chi connectivity index (χ4n) is 3.50. The first-order chi connectivity index (χ1) is 12.2. The van der Waals surface area contributed by atoms with Gasteiger partial charge in [-0.15, -0.1) is 0 Å². The molecule has 0 radical (unpaired) electrons. The monoisotopic (exact) mass is 339 g/mol. The van der Waals surface area contributed by atoms with Gasteiger partial charge in [0.05, 0.1) is 5.52 Å². The molecule has 4 rings (SSSR count). The molecule has 0 atom stereocenters. The number of benzene rings is 1. The molecule has 0 unspecified atom stereocenters. The van der Waals surface area contributed by atoms with Crippen LogP contribution in [0.2, 0.25) is 0 Å². The minimum Gasteiger partial charge on any atom is -0.299 e. The smallest absolute Gasteiger partial charge is 0.127 e. The summed E-state index contributed by atoms with van der Waals surface area (Å²) in [4.78, 5) is 11.2. The van der Waals surface area contributed by atoms with E-state index < -0.39 is 0 Å². The van der Waals surface area contributed by atoms with Crippen molar-refractivity contribution in [3.8, 4) is 0 Å². The van der Waals surface area contributed by atoms with Gasteiger partial charge >= 0.3 is 0 Å². The van der Waals surface area contributed by atoms with Crippen molar-refractivity contribution in [1.29, 1.82) is 0 Å². The van der Waals surface area contributed by atoms with E-state index in [1.165, 1.54) is 12.1 Å². The molecule has 0 amide bonds. The molecule has 0 saturated carbocycles. The van der Waals surface area contributed by atoms with Gasteiger partial charge in [0.2, 0.25) is 0 Å². The van der Waals surface area contributed by atoms with Gasteiger partial charge in [-0.2, -0.15) is 0 Å². The molecule has 1 aromatic carbocycles. The number of halogens is 2. The Balaban J connectivity index is 1.43. The highest BCUT2D eigenvalue weighted by Crippen LogP contribution is 2.29. The number of likely N-dealkylation sites (tertiary alicyclic amines) is 1. The number of hydrogen-bond acceptors (Lipinski definition) is 3. The quantitative estimate of drug-likeness (QED) is 0.713. The first-order valence-electron chi connectivity index (χ1n) is 8.56. The number of pyridine rings is 2. The third-order valence-corrected chi connectivity index (χ3v) is 4.92. The lowest BCUT2D eigenvalue weighted by atomic mass is 9.92. The predicted molar refractivity (Wildman–Crippen MR) is 93.1 cm³/mol. The first kappa shape index (κ1) is 16.1. The van der Waals surface area contributed by atoms with E-state index in [2.05, 4.69) is 20.9 Å². The summed E-state index contributed by atoms with van der Waals surface area (Å²) in [5.41, 5.74) is 2.46. The van der Waals surface area contributed by atoms with E-state index in [0.717, 1.165) is 48.6 Å². The summed E-state index contributed by atoms with van der Waals surface area (Å²) in [7, 11) is 0. The van der Waals surface area contributed by atoms with Gasteiger partial charge in [-0.05, 0) is 62.3 Å². The second kappa shape index (κ2) is 6.84. The molecular weight excluding hydrogens is 320 g/mol. The highest BCUT2D eigenvalue weighted by molar-refractivity contribution is 5.77. The molecule has 0 bridgehead atoms. The number of rotatable bonds is 3. The third kappa shape index (κ3) is 3.51. The molecule has 1 fully saturated rings. The van der Waals surface area contributed by atoms with Gasteiger partial charge < -0.3 is 0 Å². The third-order valence-electron chi connectivity index (χ3n) is 4.92. The van der Waals surface area contributed by atoms with Crippen molar-refractivity contribution in [1.82, 2.24) is 14.9 Å². The molecule has 1 saturated heterocycles. The number of hydrogen-bond donors (Lipinski definition) is 0. The van der Waals surface area contributed by atoms with Crippen molar-refractivity contribution in [3.63, 3.8) is 0 Å². The van der Waals surface area contributed by atoms with Crippen molar-refractivity contribution in [2.24, 2.45) is 0 Å². The van der Waals surface area contributed by atoms with E-state index in [1.54, 1.807) is 6.20 Å². The summed E-state index contributed by atoms with van der Waals surface area (Å²) < 4.78 is 27.1.